The number of nitro groups is 1. The summed E-state index contributed by atoms with van der Waals surface area (Å²) >= 11 is 1.37. The van der Waals surface area contributed by atoms with E-state index in [4.69, 9.17) is 19.2 Å². The number of methoxy groups -OCH3 is 2. The van der Waals surface area contributed by atoms with Gasteiger partial charge in [-0.15, -0.1) is 12.4 Å². The molecule has 0 bridgehead atoms. The Labute approximate surface area is 225 Å². The third-order valence-corrected chi connectivity index (χ3v) is 6.97. The van der Waals surface area contributed by atoms with Gasteiger partial charge in [0.2, 0.25) is 0 Å². The minimum Gasteiger partial charge on any atom is -0.495 e. The number of amides is 1. The summed E-state index contributed by atoms with van der Waals surface area (Å²) in [5, 5.41) is 11.4. The molecule has 0 atom stereocenters. The summed E-state index contributed by atoms with van der Waals surface area (Å²) in [6.45, 7) is 4.52. The third kappa shape index (κ3) is 6.95. The van der Waals surface area contributed by atoms with Crippen molar-refractivity contribution in [1.29, 1.82) is 0 Å². The molecular formula is C25H29ClN4O6S. The highest BCUT2D eigenvalue weighted by Gasteiger charge is 2.22. The molecule has 37 heavy (non-hydrogen) atoms. The van der Waals surface area contributed by atoms with Gasteiger partial charge in [-0.05, 0) is 42.3 Å². The van der Waals surface area contributed by atoms with Crippen LogP contribution in [0.25, 0.3) is 16.3 Å². The molecule has 1 fully saturated rings. The number of nitro benzene ring substituents is 1. The van der Waals surface area contributed by atoms with Crippen molar-refractivity contribution in [2.75, 3.05) is 58.5 Å². The fourth-order valence-electron chi connectivity index (χ4n) is 3.93. The van der Waals surface area contributed by atoms with Gasteiger partial charge >= 0.3 is 0 Å². The molecular weight excluding hydrogens is 520 g/mol. The Hall–Kier alpha value is -3.25. The number of benzene rings is 2. The third-order valence-electron chi connectivity index (χ3n) is 5.88. The molecule has 0 aliphatic carbocycles. The number of hydrogen-bond acceptors (Lipinski definition) is 9. The molecule has 12 heteroatoms. The average molecular weight is 549 g/mol. The maximum atomic E-state index is 13.4. The molecule has 2 aromatic carbocycles. The summed E-state index contributed by atoms with van der Waals surface area (Å²) < 4.78 is 17.2. The molecule has 4 rings (SSSR count). The first-order chi connectivity index (χ1) is 17.5. The summed E-state index contributed by atoms with van der Waals surface area (Å²) in [5.41, 5.74) is 1.33. The van der Waals surface area contributed by atoms with Crippen molar-refractivity contribution in [1.82, 2.24) is 9.88 Å². The first kappa shape index (κ1) is 28.3. The summed E-state index contributed by atoms with van der Waals surface area (Å²) in [4.78, 5) is 32.5. The fourth-order valence-corrected chi connectivity index (χ4v) is 5.04. The lowest BCUT2D eigenvalue weighted by molar-refractivity contribution is -0.384. The van der Waals surface area contributed by atoms with Crippen molar-refractivity contribution >= 4 is 56.8 Å². The van der Waals surface area contributed by atoms with Gasteiger partial charge in [0.1, 0.15) is 21.7 Å². The Morgan fingerprint density at radius 2 is 1.84 bits per heavy atom. The zero-order chi connectivity index (χ0) is 25.5. The molecule has 0 N–H and O–H groups in total. The van der Waals surface area contributed by atoms with E-state index >= 15 is 0 Å². The summed E-state index contributed by atoms with van der Waals surface area (Å²) in [7, 11) is 3.18. The number of carbonyl (C=O) groups is 1. The van der Waals surface area contributed by atoms with Crippen LogP contribution in [0.1, 0.15) is 12.0 Å². The van der Waals surface area contributed by atoms with Gasteiger partial charge < -0.3 is 14.2 Å². The first-order valence-electron chi connectivity index (χ1n) is 11.6. The smallest absolute Gasteiger partial charge is 0.269 e. The molecule has 0 unspecified atom stereocenters. The molecule has 0 saturated carbocycles. The van der Waals surface area contributed by atoms with Crippen molar-refractivity contribution in [3.05, 3.63) is 58.2 Å². The summed E-state index contributed by atoms with van der Waals surface area (Å²) in [5.74, 6) is 1.04. The molecule has 1 saturated heterocycles. The van der Waals surface area contributed by atoms with Crippen molar-refractivity contribution in [2.24, 2.45) is 0 Å². The number of non-ortho nitro benzene ring substituents is 1. The lowest BCUT2D eigenvalue weighted by Crippen LogP contribution is -2.39. The van der Waals surface area contributed by atoms with Crippen LogP contribution in [0, 0.1) is 10.1 Å². The second-order valence-electron chi connectivity index (χ2n) is 8.12. The SMILES string of the molecule is COc1ccc(OC)c2sc(N(CCCN3CCOCC3)C(=O)/C=C/c3ccc([N+](=O)[O-])cc3)nc12.Cl. The highest BCUT2D eigenvalue weighted by Crippen LogP contribution is 2.40. The number of rotatable bonds is 10. The van der Waals surface area contributed by atoms with Gasteiger partial charge in [-0.2, -0.15) is 0 Å². The van der Waals surface area contributed by atoms with Crippen molar-refractivity contribution in [3.63, 3.8) is 0 Å². The number of aromatic nitrogens is 1. The quantitative estimate of drug-likeness (QED) is 0.208. The van der Waals surface area contributed by atoms with E-state index in [9.17, 15) is 14.9 Å². The van der Waals surface area contributed by atoms with E-state index in [1.165, 1.54) is 29.5 Å². The average Bonchev–Trinajstić information content (AvgIpc) is 3.35. The van der Waals surface area contributed by atoms with Crippen LogP contribution in [0.15, 0.2) is 42.5 Å². The van der Waals surface area contributed by atoms with Gasteiger partial charge in [0.05, 0.1) is 32.4 Å². The zero-order valence-electron chi connectivity index (χ0n) is 20.6. The summed E-state index contributed by atoms with van der Waals surface area (Å²) in [6, 6.07) is 9.66. The van der Waals surface area contributed by atoms with Crippen LogP contribution in [0.3, 0.4) is 0 Å². The van der Waals surface area contributed by atoms with Gasteiger partial charge in [-0.3, -0.25) is 24.7 Å². The maximum Gasteiger partial charge on any atom is 0.269 e. The van der Waals surface area contributed by atoms with E-state index in [1.807, 2.05) is 6.07 Å². The number of ether oxygens (including phenoxy) is 3. The lowest BCUT2D eigenvalue weighted by Gasteiger charge is -2.27. The number of thiazole rings is 1. The minimum atomic E-state index is -0.454. The number of anilines is 1. The van der Waals surface area contributed by atoms with E-state index in [0.29, 0.717) is 34.3 Å². The van der Waals surface area contributed by atoms with Crippen molar-refractivity contribution < 1.29 is 23.9 Å². The van der Waals surface area contributed by atoms with E-state index in [-0.39, 0.29) is 24.0 Å². The molecule has 0 radical (unpaired) electrons. The Bertz CT molecular complexity index is 1200. The molecule has 2 heterocycles. The Morgan fingerprint density at radius 3 is 2.49 bits per heavy atom. The van der Waals surface area contributed by atoms with Gasteiger partial charge in [0.25, 0.3) is 11.6 Å². The van der Waals surface area contributed by atoms with Gasteiger partial charge in [0.15, 0.2) is 5.13 Å². The lowest BCUT2D eigenvalue weighted by atomic mass is 10.2. The first-order valence-corrected chi connectivity index (χ1v) is 12.4. The minimum absolute atomic E-state index is 0. The Balaban J connectivity index is 0.00000380. The molecule has 1 aliphatic heterocycles. The number of fused-ring (bicyclic) bond motifs is 1. The van der Waals surface area contributed by atoms with Crippen LogP contribution in [-0.2, 0) is 9.53 Å². The van der Waals surface area contributed by atoms with Crippen LogP contribution in [0.2, 0.25) is 0 Å². The maximum absolute atomic E-state index is 13.4. The van der Waals surface area contributed by atoms with Crippen molar-refractivity contribution in [2.45, 2.75) is 6.42 Å². The molecule has 1 amide bonds. The molecule has 198 valence electrons. The second kappa shape index (κ2) is 13.3. The number of morpholine rings is 1. The topological polar surface area (TPSA) is 107 Å². The van der Waals surface area contributed by atoms with Gasteiger partial charge in [-0.1, -0.05) is 11.3 Å². The Morgan fingerprint density at radius 1 is 1.16 bits per heavy atom. The van der Waals surface area contributed by atoms with E-state index in [0.717, 1.165) is 44.0 Å². The second-order valence-corrected chi connectivity index (χ2v) is 9.10. The molecule has 3 aromatic rings. The number of halogens is 1. The largest absolute Gasteiger partial charge is 0.495 e. The van der Waals surface area contributed by atoms with E-state index in [2.05, 4.69) is 4.90 Å². The Kier molecular flexibility index (Phi) is 10.2. The molecule has 0 spiro atoms. The molecule has 1 aliphatic rings. The monoisotopic (exact) mass is 548 g/mol. The molecule has 1 aromatic heterocycles. The normalized spacial score (nSPS) is 13.9. The molecule has 10 nitrogen and oxygen atoms in total. The van der Waals surface area contributed by atoms with Crippen LogP contribution < -0.4 is 14.4 Å². The summed E-state index contributed by atoms with van der Waals surface area (Å²) in [6.07, 6.45) is 3.88. The van der Waals surface area contributed by atoms with Crippen LogP contribution in [-0.4, -0.2) is 74.3 Å². The highest BCUT2D eigenvalue weighted by molar-refractivity contribution is 7.22. The van der Waals surface area contributed by atoms with Crippen LogP contribution in [0.4, 0.5) is 10.8 Å². The van der Waals surface area contributed by atoms with E-state index in [1.54, 1.807) is 43.4 Å². The van der Waals surface area contributed by atoms with Crippen LogP contribution >= 0.6 is 23.7 Å². The van der Waals surface area contributed by atoms with Gasteiger partial charge in [-0.25, -0.2) is 4.98 Å². The highest BCUT2D eigenvalue weighted by atomic mass is 35.5. The number of hydrogen-bond donors (Lipinski definition) is 0. The number of carbonyl (C=O) groups excluding carboxylic acids is 1. The predicted molar refractivity (Wildman–Crippen MR) is 146 cm³/mol. The number of nitrogens with zero attached hydrogens (tertiary/aromatic N) is 4. The predicted octanol–water partition coefficient (Wildman–Crippen LogP) is 4.41. The standard InChI is InChI=1S/C25H28N4O6S.ClH/c1-33-20-9-10-21(34-2)24-23(20)26-25(36-24)28(13-3-12-27-14-16-35-17-15-27)22(30)11-6-18-4-7-19(8-5-18)29(31)32;/h4-11H,3,12-17H2,1-2H3;1H/b11-6+;. The van der Waals surface area contributed by atoms with Crippen LogP contribution in [0.5, 0.6) is 11.5 Å². The van der Waals surface area contributed by atoms with Gasteiger partial charge in [0, 0.05) is 44.4 Å². The van der Waals surface area contributed by atoms with Crippen molar-refractivity contribution in [3.8, 4) is 11.5 Å². The fraction of sp³-hybridized carbons (Fsp3) is 0.360. The van der Waals surface area contributed by atoms with E-state index < -0.39 is 4.92 Å². The zero-order valence-corrected chi connectivity index (χ0v) is 22.3.